The molecular weight excluding hydrogens is 252 g/mol. The van der Waals surface area contributed by atoms with Gasteiger partial charge in [-0.3, -0.25) is 4.79 Å². The largest absolute Gasteiger partial charge is 0.376 e. The van der Waals surface area contributed by atoms with E-state index in [1.54, 1.807) is 0 Å². The van der Waals surface area contributed by atoms with E-state index in [1.807, 2.05) is 42.3 Å². The monoisotopic (exact) mass is 272 g/mol. The quantitative estimate of drug-likeness (QED) is 0.930. The van der Waals surface area contributed by atoms with Crippen molar-refractivity contribution in [3.63, 3.8) is 0 Å². The standard InChI is InChI=1S/C16H20N2O2/c1-2-18(11-13-6-4-10-20-13)16(19)14-7-3-5-12-8-9-17-15(12)14/h3,5,7-9,13,17H,2,4,6,10-11H2,1H3. The number of nitrogens with zero attached hydrogens (tertiary/aromatic N) is 1. The van der Waals surface area contributed by atoms with E-state index >= 15 is 0 Å². The van der Waals surface area contributed by atoms with Crippen LogP contribution >= 0.6 is 0 Å². The number of hydrogen-bond donors (Lipinski definition) is 1. The van der Waals surface area contributed by atoms with Gasteiger partial charge in [0.25, 0.3) is 5.91 Å². The number of H-pyrrole nitrogens is 1. The lowest BCUT2D eigenvalue weighted by Gasteiger charge is -2.24. The van der Waals surface area contributed by atoms with Crippen LogP contribution in [0.3, 0.4) is 0 Å². The molecule has 1 N–H and O–H groups in total. The number of para-hydroxylation sites is 1. The number of hydrogen-bond acceptors (Lipinski definition) is 2. The first kappa shape index (κ1) is 13.2. The third-order valence-electron chi connectivity index (χ3n) is 3.93. The number of likely N-dealkylation sites (N-methyl/N-ethyl adjacent to an activating group) is 1. The Hall–Kier alpha value is -1.81. The molecule has 4 nitrogen and oxygen atoms in total. The molecule has 1 saturated heterocycles. The van der Waals surface area contributed by atoms with Gasteiger partial charge in [0.1, 0.15) is 0 Å². The maximum atomic E-state index is 12.7. The van der Waals surface area contributed by atoms with Crippen molar-refractivity contribution in [2.45, 2.75) is 25.9 Å². The van der Waals surface area contributed by atoms with Crippen molar-refractivity contribution >= 4 is 16.8 Å². The SMILES string of the molecule is CCN(CC1CCCO1)C(=O)c1cccc2cc[nH]c12. The van der Waals surface area contributed by atoms with Gasteiger partial charge in [-0.05, 0) is 31.9 Å². The zero-order chi connectivity index (χ0) is 13.9. The summed E-state index contributed by atoms with van der Waals surface area (Å²) in [5, 5.41) is 1.07. The first-order chi connectivity index (χ1) is 9.79. The fourth-order valence-corrected chi connectivity index (χ4v) is 2.82. The van der Waals surface area contributed by atoms with Crippen LogP contribution in [0.15, 0.2) is 30.5 Å². The van der Waals surface area contributed by atoms with Gasteiger partial charge >= 0.3 is 0 Å². The van der Waals surface area contributed by atoms with Crippen molar-refractivity contribution < 1.29 is 9.53 Å². The van der Waals surface area contributed by atoms with Gasteiger partial charge in [-0.2, -0.15) is 0 Å². The molecule has 0 bridgehead atoms. The van der Waals surface area contributed by atoms with Crippen molar-refractivity contribution in [1.29, 1.82) is 0 Å². The van der Waals surface area contributed by atoms with Gasteiger partial charge in [-0.1, -0.05) is 12.1 Å². The van der Waals surface area contributed by atoms with Gasteiger partial charge in [0.2, 0.25) is 0 Å². The molecule has 4 heteroatoms. The topological polar surface area (TPSA) is 45.3 Å². The van der Waals surface area contributed by atoms with Crippen LogP contribution in [0, 0.1) is 0 Å². The molecule has 1 aromatic carbocycles. The first-order valence-corrected chi connectivity index (χ1v) is 7.26. The van der Waals surface area contributed by atoms with Gasteiger partial charge in [0.15, 0.2) is 0 Å². The summed E-state index contributed by atoms with van der Waals surface area (Å²) in [6, 6.07) is 7.82. The molecule has 1 unspecified atom stereocenters. The average Bonchev–Trinajstić information content (AvgIpc) is 3.14. The predicted octanol–water partition coefficient (Wildman–Crippen LogP) is 2.81. The number of benzene rings is 1. The minimum absolute atomic E-state index is 0.0797. The molecule has 0 aliphatic carbocycles. The van der Waals surface area contributed by atoms with Crippen LogP contribution in [0.4, 0.5) is 0 Å². The molecule has 2 aromatic rings. The summed E-state index contributed by atoms with van der Waals surface area (Å²) in [5.41, 5.74) is 1.66. The Morgan fingerprint density at radius 1 is 1.45 bits per heavy atom. The molecule has 1 fully saturated rings. The number of fused-ring (bicyclic) bond motifs is 1. The second kappa shape index (κ2) is 5.67. The highest BCUT2D eigenvalue weighted by Gasteiger charge is 2.23. The molecule has 1 aromatic heterocycles. The number of rotatable bonds is 4. The number of nitrogens with one attached hydrogen (secondary N) is 1. The van der Waals surface area contributed by atoms with E-state index in [0.717, 1.165) is 35.9 Å². The molecule has 1 aliphatic heterocycles. The van der Waals surface area contributed by atoms with Crippen molar-refractivity contribution in [2.75, 3.05) is 19.7 Å². The van der Waals surface area contributed by atoms with Gasteiger partial charge in [-0.25, -0.2) is 0 Å². The maximum absolute atomic E-state index is 12.7. The molecule has 2 heterocycles. The van der Waals surface area contributed by atoms with E-state index in [1.165, 1.54) is 0 Å². The maximum Gasteiger partial charge on any atom is 0.256 e. The van der Waals surface area contributed by atoms with Gasteiger partial charge in [0.05, 0.1) is 17.2 Å². The highest BCUT2D eigenvalue weighted by molar-refractivity contribution is 6.05. The van der Waals surface area contributed by atoms with Crippen molar-refractivity contribution in [2.24, 2.45) is 0 Å². The smallest absolute Gasteiger partial charge is 0.256 e. The van der Waals surface area contributed by atoms with Gasteiger partial charge < -0.3 is 14.6 Å². The van der Waals surface area contributed by atoms with Gasteiger partial charge in [0, 0.05) is 31.3 Å². The zero-order valence-electron chi connectivity index (χ0n) is 11.8. The van der Waals surface area contributed by atoms with Crippen LogP contribution < -0.4 is 0 Å². The number of amides is 1. The first-order valence-electron chi connectivity index (χ1n) is 7.26. The summed E-state index contributed by atoms with van der Waals surface area (Å²) in [7, 11) is 0. The Morgan fingerprint density at radius 3 is 3.10 bits per heavy atom. The van der Waals surface area contributed by atoms with Crippen LogP contribution in [-0.2, 0) is 4.74 Å². The van der Waals surface area contributed by atoms with Gasteiger partial charge in [-0.15, -0.1) is 0 Å². The lowest BCUT2D eigenvalue weighted by Crippen LogP contribution is -2.37. The van der Waals surface area contributed by atoms with Crippen LogP contribution in [-0.4, -0.2) is 41.6 Å². The summed E-state index contributed by atoms with van der Waals surface area (Å²) in [4.78, 5) is 17.8. The second-order valence-electron chi connectivity index (χ2n) is 5.23. The van der Waals surface area contributed by atoms with E-state index in [-0.39, 0.29) is 12.0 Å². The van der Waals surface area contributed by atoms with E-state index in [4.69, 9.17) is 4.74 Å². The van der Waals surface area contributed by atoms with Crippen LogP contribution in [0.5, 0.6) is 0 Å². The summed E-state index contributed by atoms with van der Waals surface area (Å²) in [5.74, 6) is 0.0797. The fraction of sp³-hybridized carbons (Fsp3) is 0.438. The van der Waals surface area contributed by atoms with E-state index in [0.29, 0.717) is 13.1 Å². The summed E-state index contributed by atoms with van der Waals surface area (Å²) < 4.78 is 5.64. The number of aromatic nitrogens is 1. The lowest BCUT2D eigenvalue weighted by atomic mass is 10.1. The van der Waals surface area contributed by atoms with Crippen molar-refractivity contribution in [1.82, 2.24) is 9.88 Å². The number of aromatic amines is 1. The lowest BCUT2D eigenvalue weighted by molar-refractivity contribution is 0.0540. The molecule has 1 aliphatic rings. The molecule has 20 heavy (non-hydrogen) atoms. The molecular formula is C16H20N2O2. The third-order valence-corrected chi connectivity index (χ3v) is 3.93. The molecule has 0 spiro atoms. The Balaban J connectivity index is 1.83. The number of carbonyl (C=O) groups excluding carboxylic acids is 1. The number of carbonyl (C=O) groups is 1. The highest BCUT2D eigenvalue weighted by atomic mass is 16.5. The zero-order valence-corrected chi connectivity index (χ0v) is 11.8. The second-order valence-corrected chi connectivity index (χ2v) is 5.23. The van der Waals surface area contributed by atoms with Crippen LogP contribution in [0.2, 0.25) is 0 Å². The molecule has 1 atom stereocenters. The Labute approximate surface area is 118 Å². The molecule has 0 saturated carbocycles. The normalized spacial score (nSPS) is 18.6. The molecule has 3 rings (SSSR count). The minimum atomic E-state index is 0.0797. The van der Waals surface area contributed by atoms with Crippen molar-refractivity contribution in [3.8, 4) is 0 Å². The summed E-state index contributed by atoms with van der Waals surface area (Å²) in [6.07, 6.45) is 4.22. The summed E-state index contributed by atoms with van der Waals surface area (Å²) >= 11 is 0. The molecule has 1 amide bonds. The van der Waals surface area contributed by atoms with E-state index < -0.39 is 0 Å². The highest BCUT2D eigenvalue weighted by Crippen LogP contribution is 2.20. The Kier molecular flexibility index (Phi) is 3.74. The Bertz CT molecular complexity index is 599. The third kappa shape index (κ3) is 2.43. The molecule has 106 valence electrons. The summed E-state index contributed by atoms with van der Waals surface area (Å²) in [6.45, 7) is 4.23. The van der Waals surface area contributed by atoms with Crippen LogP contribution in [0.1, 0.15) is 30.1 Å². The van der Waals surface area contributed by atoms with Crippen molar-refractivity contribution in [3.05, 3.63) is 36.0 Å². The number of ether oxygens (including phenoxy) is 1. The molecule has 0 radical (unpaired) electrons. The Morgan fingerprint density at radius 2 is 2.35 bits per heavy atom. The van der Waals surface area contributed by atoms with E-state index in [2.05, 4.69) is 4.98 Å². The van der Waals surface area contributed by atoms with E-state index in [9.17, 15) is 4.79 Å². The predicted molar refractivity (Wildman–Crippen MR) is 78.9 cm³/mol. The van der Waals surface area contributed by atoms with Crippen LogP contribution in [0.25, 0.3) is 10.9 Å². The fourth-order valence-electron chi connectivity index (χ4n) is 2.82. The minimum Gasteiger partial charge on any atom is -0.376 e. The average molecular weight is 272 g/mol.